The summed E-state index contributed by atoms with van der Waals surface area (Å²) in [5.74, 6) is 0. The average molecular weight is 221 g/mol. The minimum atomic E-state index is 0.451. The summed E-state index contributed by atoms with van der Waals surface area (Å²) in [7, 11) is 0. The van der Waals surface area contributed by atoms with Crippen LogP contribution >= 0.6 is 0 Å². The van der Waals surface area contributed by atoms with Gasteiger partial charge in [0.05, 0.1) is 18.6 Å². The van der Waals surface area contributed by atoms with E-state index in [-0.39, 0.29) is 0 Å². The van der Waals surface area contributed by atoms with Crippen molar-refractivity contribution in [2.75, 3.05) is 13.3 Å². The van der Waals surface area contributed by atoms with E-state index in [1.165, 1.54) is 6.34 Å². The van der Waals surface area contributed by atoms with Crippen LogP contribution in [0.3, 0.4) is 0 Å². The molecule has 0 aliphatic heterocycles. The number of nitrogens with zero attached hydrogens (tertiary/aromatic N) is 2. The first-order chi connectivity index (χ1) is 7.76. The number of hydrogen-bond donors (Lipinski definition) is 1. The number of hydrogen-bond acceptors (Lipinski definition) is 3. The molecule has 4 nitrogen and oxygen atoms in total. The molecule has 0 amide bonds. The van der Waals surface area contributed by atoms with Crippen LogP contribution in [0.2, 0.25) is 0 Å². The summed E-state index contributed by atoms with van der Waals surface area (Å²) in [6.45, 7) is 5.83. The van der Waals surface area contributed by atoms with Gasteiger partial charge in [0, 0.05) is 12.3 Å². The minimum absolute atomic E-state index is 0.451. The third-order valence-electron chi connectivity index (χ3n) is 2.10. The van der Waals surface area contributed by atoms with Gasteiger partial charge in [0.1, 0.15) is 6.73 Å². The molecule has 1 aromatic rings. The summed E-state index contributed by atoms with van der Waals surface area (Å²) in [6.07, 6.45) is 2.29. The van der Waals surface area contributed by atoms with Gasteiger partial charge in [-0.1, -0.05) is 13.0 Å². The van der Waals surface area contributed by atoms with Crippen molar-refractivity contribution < 1.29 is 4.74 Å². The van der Waals surface area contributed by atoms with E-state index in [0.29, 0.717) is 13.3 Å². The summed E-state index contributed by atoms with van der Waals surface area (Å²) in [4.78, 5) is 6.18. The Morgan fingerprint density at radius 2 is 2.31 bits per heavy atom. The number of aryl methyl sites for hydroxylation is 1. The van der Waals surface area contributed by atoms with Crippen molar-refractivity contribution in [3.05, 3.63) is 29.6 Å². The fraction of sp³-hybridized carbons (Fsp3) is 0.500. The van der Waals surface area contributed by atoms with Crippen molar-refractivity contribution in [3.63, 3.8) is 0 Å². The van der Waals surface area contributed by atoms with Gasteiger partial charge in [-0.05, 0) is 25.5 Å². The zero-order chi connectivity index (χ0) is 11.8. The van der Waals surface area contributed by atoms with Crippen LogP contribution in [0.15, 0.2) is 18.2 Å². The van der Waals surface area contributed by atoms with E-state index in [2.05, 4.69) is 11.9 Å². The van der Waals surface area contributed by atoms with E-state index >= 15 is 0 Å². The summed E-state index contributed by atoms with van der Waals surface area (Å²) < 4.78 is 5.39. The third-order valence-corrected chi connectivity index (χ3v) is 2.10. The summed E-state index contributed by atoms with van der Waals surface area (Å²) in [5, 5.41) is 7.29. The second-order valence-corrected chi connectivity index (χ2v) is 3.68. The Balaban J connectivity index is 2.46. The van der Waals surface area contributed by atoms with Crippen LogP contribution in [0, 0.1) is 12.3 Å². The molecule has 1 aromatic heterocycles. The predicted octanol–water partition coefficient (Wildman–Crippen LogP) is 2.18. The molecule has 0 aromatic carbocycles. The molecule has 88 valence electrons. The lowest BCUT2D eigenvalue weighted by atomic mass is 10.3. The molecule has 0 unspecified atom stereocenters. The van der Waals surface area contributed by atoms with E-state index in [1.54, 1.807) is 4.90 Å². The summed E-state index contributed by atoms with van der Waals surface area (Å²) in [6, 6.07) is 5.90. The van der Waals surface area contributed by atoms with Gasteiger partial charge in [0.2, 0.25) is 0 Å². The van der Waals surface area contributed by atoms with E-state index in [4.69, 9.17) is 10.1 Å². The maximum absolute atomic E-state index is 7.29. The molecule has 0 aliphatic rings. The van der Waals surface area contributed by atoms with Gasteiger partial charge in [-0.2, -0.15) is 0 Å². The van der Waals surface area contributed by atoms with Crippen LogP contribution in [0.4, 0.5) is 0 Å². The summed E-state index contributed by atoms with van der Waals surface area (Å²) >= 11 is 0. The van der Waals surface area contributed by atoms with Crippen molar-refractivity contribution in [1.29, 1.82) is 5.41 Å². The van der Waals surface area contributed by atoms with Crippen molar-refractivity contribution in [2.24, 2.45) is 0 Å². The Morgan fingerprint density at radius 1 is 1.50 bits per heavy atom. The largest absolute Gasteiger partial charge is 0.361 e. The van der Waals surface area contributed by atoms with E-state index < -0.39 is 0 Å². The normalized spacial score (nSPS) is 10.1. The number of nitrogens with one attached hydrogen (secondary N) is 1. The monoisotopic (exact) mass is 221 g/mol. The molecule has 16 heavy (non-hydrogen) atoms. The first-order valence-electron chi connectivity index (χ1n) is 5.51. The highest BCUT2D eigenvalue weighted by atomic mass is 16.5. The topological polar surface area (TPSA) is 49.2 Å². The lowest BCUT2D eigenvalue weighted by molar-refractivity contribution is 0.0637. The molecule has 1 rings (SSSR count). The van der Waals surface area contributed by atoms with Crippen molar-refractivity contribution >= 4 is 6.34 Å². The fourth-order valence-corrected chi connectivity index (χ4v) is 1.35. The van der Waals surface area contributed by atoms with Crippen molar-refractivity contribution in [3.8, 4) is 0 Å². The van der Waals surface area contributed by atoms with Crippen LogP contribution in [0.1, 0.15) is 24.7 Å². The van der Waals surface area contributed by atoms with Gasteiger partial charge in [0.15, 0.2) is 0 Å². The van der Waals surface area contributed by atoms with Gasteiger partial charge in [-0.15, -0.1) is 0 Å². The molecule has 1 N–H and O–H groups in total. The van der Waals surface area contributed by atoms with Gasteiger partial charge in [-0.25, -0.2) is 0 Å². The minimum Gasteiger partial charge on any atom is -0.361 e. The van der Waals surface area contributed by atoms with E-state index in [0.717, 1.165) is 24.4 Å². The Hall–Kier alpha value is -1.42. The van der Waals surface area contributed by atoms with Gasteiger partial charge < -0.3 is 9.64 Å². The average Bonchev–Trinajstić information content (AvgIpc) is 2.28. The molecule has 0 saturated carbocycles. The fourth-order valence-electron chi connectivity index (χ4n) is 1.35. The third kappa shape index (κ3) is 4.40. The Bertz CT molecular complexity index is 328. The van der Waals surface area contributed by atoms with Crippen LogP contribution in [0.25, 0.3) is 0 Å². The molecule has 0 radical (unpaired) electrons. The second kappa shape index (κ2) is 6.95. The highest BCUT2D eigenvalue weighted by Gasteiger charge is 2.02. The zero-order valence-electron chi connectivity index (χ0n) is 9.94. The molecular formula is C12H19N3O. The Morgan fingerprint density at radius 3 is 2.94 bits per heavy atom. The molecule has 0 bridgehead atoms. The van der Waals surface area contributed by atoms with Crippen LogP contribution in [-0.4, -0.2) is 29.6 Å². The number of rotatable bonds is 7. The van der Waals surface area contributed by atoms with Crippen LogP contribution in [0.5, 0.6) is 0 Å². The first kappa shape index (κ1) is 12.6. The number of aromatic nitrogens is 1. The lowest BCUT2D eigenvalue weighted by Crippen LogP contribution is -2.25. The highest BCUT2D eigenvalue weighted by Crippen LogP contribution is 2.02. The maximum Gasteiger partial charge on any atom is 0.120 e. The predicted molar refractivity (Wildman–Crippen MR) is 64.4 cm³/mol. The standard InChI is InChI=1S/C12H19N3O/c1-3-7-16-10-15(9-13)8-12-6-4-5-11(2)14-12/h4-6,9,13H,3,7-8,10H2,1-2H3. The SMILES string of the molecule is CCCOCN(C=N)Cc1cccc(C)n1. The molecule has 4 heteroatoms. The Labute approximate surface area is 96.8 Å². The number of pyridine rings is 1. The molecule has 0 fully saturated rings. The van der Waals surface area contributed by atoms with Crippen molar-refractivity contribution in [2.45, 2.75) is 26.8 Å². The maximum atomic E-state index is 7.29. The lowest BCUT2D eigenvalue weighted by Gasteiger charge is -2.18. The number of ether oxygens (including phenoxy) is 1. The summed E-state index contributed by atoms with van der Waals surface area (Å²) in [5.41, 5.74) is 1.96. The molecule has 0 aliphatic carbocycles. The quantitative estimate of drug-likeness (QED) is 0.332. The van der Waals surface area contributed by atoms with Gasteiger partial charge in [-0.3, -0.25) is 10.4 Å². The Kier molecular flexibility index (Phi) is 5.50. The zero-order valence-corrected chi connectivity index (χ0v) is 9.94. The smallest absolute Gasteiger partial charge is 0.120 e. The second-order valence-electron chi connectivity index (χ2n) is 3.68. The van der Waals surface area contributed by atoms with E-state index in [9.17, 15) is 0 Å². The molecule has 0 saturated heterocycles. The molecule has 1 heterocycles. The van der Waals surface area contributed by atoms with Crippen LogP contribution < -0.4 is 0 Å². The van der Waals surface area contributed by atoms with Gasteiger partial charge in [0.25, 0.3) is 0 Å². The highest BCUT2D eigenvalue weighted by molar-refractivity contribution is 5.50. The molecule has 0 spiro atoms. The molecular weight excluding hydrogens is 202 g/mol. The first-order valence-corrected chi connectivity index (χ1v) is 5.51. The molecule has 0 atom stereocenters. The van der Waals surface area contributed by atoms with E-state index in [1.807, 2.05) is 25.1 Å². The van der Waals surface area contributed by atoms with Crippen LogP contribution in [-0.2, 0) is 11.3 Å². The van der Waals surface area contributed by atoms with Crippen molar-refractivity contribution in [1.82, 2.24) is 9.88 Å². The van der Waals surface area contributed by atoms with Gasteiger partial charge >= 0.3 is 0 Å².